The number of aliphatic hydroxyl groups is 1. The first kappa shape index (κ1) is 16.3. The number of aromatic nitrogens is 3. The van der Waals surface area contributed by atoms with E-state index in [1.54, 1.807) is 6.20 Å². The maximum atomic E-state index is 12.2. The van der Waals surface area contributed by atoms with E-state index in [0.29, 0.717) is 11.6 Å². The third kappa shape index (κ3) is 2.93. The fourth-order valence-electron chi connectivity index (χ4n) is 3.28. The molecule has 1 atom stereocenters. The third-order valence-corrected chi connectivity index (χ3v) is 4.36. The van der Waals surface area contributed by atoms with E-state index in [9.17, 15) is 4.79 Å². The summed E-state index contributed by atoms with van der Waals surface area (Å²) < 4.78 is 5.68. The van der Waals surface area contributed by atoms with Gasteiger partial charge in [-0.2, -0.15) is 5.10 Å². The molecule has 0 aliphatic carbocycles. The van der Waals surface area contributed by atoms with Crippen LogP contribution in [0.1, 0.15) is 23.5 Å². The number of hydrogen-bond donors (Lipinski definition) is 3. The van der Waals surface area contributed by atoms with E-state index < -0.39 is 0 Å². The van der Waals surface area contributed by atoms with Crippen LogP contribution in [0.3, 0.4) is 0 Å². The van der Waals surface area contributed by atoms with Gasteiger partial charge in [0.05, 0.1) is 18.0 Å². The predicted molar refractivity (Wildman–Crippen MR) is 95.9 cm³/mol. The summed E-state index contributed by atoms with van der Waals surface area (Å²) in [5.41, 5.74) is 3.32. The number of pyridine rings is 1. The number of para-hydroxylation sites is 1. The second-order valence-corrected chi connectivity index (χ2v) is 5.99. The number of amides is 1. The summed E-state index contributed by atoms with van der Waals surface area (Å²) in [6, 6.07) is 13.2. The lowest BCUT2D eigenvalue weighted by Gasteiger charge is -2.25. The molecule has 1 aromatic carbocycles. The molecule has 0 bridgehead atoms. The van der Waals surface area contributed by atoms with Gasteiger partial charge in [0.15, 0.2) is 5.82 Å². The van der Waals surface area contributed by atoms with Crippen molar-refractivity contribution in [2.24, 2.45) is 0 Å². The van der Waals surface area contributed by atoms with E-state index in [1.807, 2.05) is 42.5 Å². The van der Waals surface area contributed by atoms with Crippen molar-refractivity contribution >= 4 is 11.7 Å². The number of carbonyl (C=O) groups is 1. The smallest absolute Gasteiger partial charge is 0.226 e. The molecule has 1 aliphatic heterocycles. The van der Waals surface area contributed by atoms with Crippen LogP contribution in [0.5, 0.6) is 5.75 Å². The van der Waals surface area contributed by atoms with Gasteiger partial charge in [0.2, 0.25) is 5.91 Å². The number of ether oxygens (including phenoxy) is 1. The van der Waals surface area contributed by atoms with Gasteiger partial charge in [-0.15, -0.1) is 0 Å². The van der Waals surface area contributed by atoms with E-state index in [0.717, 1.165) is 22.5 Å². The van der Waals surface area contributed by atoms with Crippen molar-refractivity contribution in [3.05, 3.63) is 59.8 Å². The number of fused-ring (bicyclic) bond motifs is 1. The molecule has 26 heavy (non-hydrogen) atoms. The summed E-state index contributed by atoms with van der Waals surface area (Å²) in [5.74, 6) is 0.854. The molecule has 3 heterocycles. The topological polar surface area (TPSA) is 100 Å². The van der Waals surface area contributed by atoms with Gasteiger partial charge < -0.3 is 15.2 Å². The number of aromatic amines is 1. The maximum Gasteiger partial charge on any atom is 0.226 e. The Morgan fingerprint density at radius 3 is 2.85 bits per heavy atom. The Bertz CT molecular complexity index is 924. The molecule has 7 heteroatoms. The summed E-state index contributed by atoms with van der Waals surface area (Å²) in [6.07, 6.45) is 2.00. The molecule has 0 fully saturated rings. The van der Waals surface area contributed by atoms with Crippen LogP contribution >= 0.6 is 0 Å². The van der Waals surface area contributed by atoms with Gasteiger partial charge in [-0.1, -0.05) is 24.3 Å². The van der Waals surface area contributed by atoms with Crippen LogP contribution in [0, 0.1) is 0 Å². The zero-order valence-electron chi connectivity index (χ0n) is 14.0. The lowest BCUT2D eigenvalue weighted by Crippen LogP contribution is -2.24. The van der Waals surface area contributed by atoms with E-state index in [2.05, 4.69) is 20.5 Å². The molecule has 3 N–H and O–H groups in total. The van der Waals surface area contributed by atoms with Gasteiger partial charge in [-0.25, -0.2) is 0 Å². The largest absolute Gasteiger partial charge is 0.491 e. The second-order valence-electron chi connectivity index (χ2n) is 5.99. The quantitative estimate of drug-likeness (QED) is 0.656. The number of aliphatic hydroxyl groups excluding tert-OH is 1. The molecule has 132 valence electrons. The summed E-state index contributed by atoms with van der Waals surface area (Å²) in [4.78, 5) is 16.6. The van der Waals surface area contributed by atoms with Gasteiger partial charge in [0, 0.05) is 29.7 Å². The van der Waals surface area contributed by atoms with Gasteiger partial charge in [-0.3, -0.25) is 14.9 Å². The lowest BCUT2D eigenvalue weighted by molar-refractivity contribution is -0.116. The standard InChI is InChI=1S/C19H18N4O3/c24-9-10-26-15-7-2-1-5-12(15)13-11-16(25)21-19-17(13)18(22-23-19)14-6-3-4-8-20-14/h1-8,13,24H,9-11H2,(H2,21,22,23,25). The van der Waals surface area contributed by atoms with Crippen molar-refractivity contribution < 1.29 is 14.6 Å². The fourth-order valence-corrected chi connectivity index (χ4v) is 3.28. The number of anilines is 1. The van der Waals surface area contributed by atoms with Crippen LogP contribution in [0.4, 0.5) is 5.82 Å². The van der Waals surface area contributed by atoms with E-state index in [1.165, 1.54) is 0 Å². The highest BCUT2D eigenvalue weighted by Crippen LogP contribution is 2.43. The summed E-state index contributed by atoms with van der Waals surface area (Å²) >= 11 is 0. The maximum absolute atomic E-state index is 12.2. The van der Waals surface area contributed by atoms with Crippen LogP contribution in [0.25, 0.3) is 11.4 Å². The van der Waals surface area contributed by atoms with Gasteiger partial charge in [-0.05, 0) is 18.2 Å². The zero-order valence-corrected chi connectivity index (χ0v) is 14.0. The van der Waals surface area contributed by atoms with Gasteiger partial charge in [0.1, 0.15) is 12.4 Å². The van der Waals surface area contributed by atoms with Crippen LogP contribution in [-0.2, 0) is 4.79 Å². The SMILES string of the molecule is O=C1CC(c2ccccc2OCCO)c2c(n[nH]c2-c2ccccn2)N1. The number of rotatable bonds is 5. The first-order valence-electron chi connectivity index (χ1n) is 8.40. The molecule has 0 saturated heterocycles. The Kier molecular flexibility index (Phi) is 4.37. The van der Waals surface area contributed by atoms with Crippen molar-refractivity contribution in [3.63, 3.8) is 0 Å². The van der Waals surface area contributed by atoms with Gasteiger partial charge in [0.25, 0.3) is 0 Å². The summed E-state index contributed by atoms with van der Waals surface area (Å²) in [6.45, 7) is 0.122. The van der Waals surface area contributed by atoms with E-state index >= 15 is 0 Å². The molecule has 0 saturated carbocycles. The van der Waals surface area contributed by atoms with Crippen LogP contribution in [0.15, 0.2) is 48.7 Å². The first-order valence-corrected chi connectivity index (χ1v) is 8.40. The Morgan fingerprint density at radius 1 is 1.19 bits per heavy atom. The van der Waals surface area contributed by atoms with Gasteiger partial charge >= 0.3 is 0 Å². The molecular formula is C19H18N4O3. The number of carbonyl (C=O) groups excluding carboxylic acids is 1. The summed E-state index contributed by atoms with van der Waals surface area (Å²) in [5, 5.41) is 19.2. The molecule has 3 aromatic rings. The van der Waals surface area contributed by atoms with Crippen molar-refractivity contribution in [3.8, 4) is 17.1 Å². The molecule has 7 nitrogen and oxygen atoms in total. The number of nitrogens with zero attached hydrogens (tertiary/aromatic N) is 2. The third-order valence-electron chi connectivity index (χ3n) is 4.36. The molecule has 0 spiro atoms. The minimum atomic E-state index is -0.218. The molecule has 4 rings (SSSR count). The Balaban J connectivity index is 1.83. The average Bonchev–Trinajstić information content (AvgIpc) is 3.10. The zero-order chi connectivity index (χ0) is 17.9. The number of H-pyrrole nitrogens is 1. The lowest BCUT2D eigenvalue weighted by atomic mass is 9.84. The van der Waals surface area contributed by atoms with Crippen molar-refractivity contribution in [2.45, 2.75) is 12.3 Å². The van der Waals surface area contributed by atoms with E-state index in [-0.39, 0.29) is 31.5 Å². The Labute approximate surface area is 150 Å². The monoisotopic (exact) mass is 350 g/mol. The van der Waals surface area contributed by atoms with Crippen LogP contribution < -0.4 is 10.1 Å². The second kappa shape index (κ2) is 6.97. The van der Waals surface area contributed by atoms with Crippen LogP contribution in [0.2, 0.25) is 0 Å². The number of hydrogen-bond acceptors (Lipinski definition) is 5. The summed E-state index contributed by atoms with van der Waals surface area (Å²) in [7, 11) is 0. The Morgan fingerprint density at radius 2 is 2.04 bits per heavy atom. The van der Waals surface area contributed by atoms with Crippen molar-refractivity contribution in [2.75, 3.05) is 18.5 Å². The van der Waals surface area contributed by atoms with Crippen molar-refractivity contribution in [1.29, 1.82) is 0 Å². The average molecular weight is 350 g/mol. The molecule has 1 aliphatic rings. The predicted octanol–water partition coefficient (Wildman–Crippen LogP) is 2.32. The molecular weight excluding hydrogens is 332 g/mol. The Hall–Kier alpha value is -3.19. The molecule has 1 unspecified atom stereocenters. The number of benzene rings is 1. The highest BCUT2D eigenvalue weighted by molar-refractivity contribution is 5.96. The van der Waals surface area contributed by atoms with E-state index in [4.69, 9.17) is 9.84 Å². The highest BCUT2D eigenvalue weighted by atomic mass is 16.5. The molecule has 1 amide bonds. The molecule has 0 radical (unpaired) electrons. The highest BCUT2D eigenvalue weighted by Gasteiger charge is 2.33. The fraction of sp³-hybridized carbons (Fsp3) is 0.211. The number of nitrogens with one attached hydrogen (secondary N) is 2. The molecule has 2 aromatic heterocycles. The first-order chi connectivity index (χ1) is 12.8. The minimum Gasteiger partial charge on any atom is -0.491 e. The van der Waals surface area contributed by atoms with Crippen LogP contribution in [-0.4, -0.2) is 39.4 Å². The van der Waals surface area contributed by atoms with Crippen molar-refractivity contribution in [1.82, 2.24) is 15.2 Å². The minimum absolute atomic E-state index is 0.0738. The normalized spacial score (nSPS) is 16.0.